The Bertz CT molecular complexity index is 846. The van der Waals surface area contributed by atoms with E-state index in [2.05, 4.69) is 17.5 Å². The van der Waals surface area contributed by atoms with E-state index in [4.69, 9.17) is 9.78 Å². The zero-order valence-corrected chi connectivity index (χ0v) is 13.0. The highest BCUT2D eigenvalue weighted by Crippen LogP contribution is 2.32. The Labute approximate surface area is 138 Å². The lowest BCUT2D eigenvalue weighted by Crippen LogP contribution is -2.21. The molecular weight excluding hydrogens is 310 g/mol. The van der Waals surface area contributed by atoms with E-state index in [0.717, 1.165) is 40.1 Å². The van der Waals surface area contributed by atoms with Crippen LogP contribution in [-0.4, -0.2) is 16.7 Å². The quantitative estimate of drug-likeness (QED) is 0.521. The Kier molecular flexibility index (Phi) is 3.42. The van der Waals surface area contributed by atoms with Gasteiger partial charge in [-0.25, -0.2) is 0 Å². The van der Waals surface area contributed by atoms with Gasteiger partial charge in [-0.1, -0.05) is 0 Å². The first-order valence-corrected chi connectivity index (χ1v) is 7.65. The first kappa shape index (κ1) is 14.6. The van der Waals surface area contributed by atoms with E-state index in [9.17, 15) is 10.1 Å². The third kappa shape index (κ3) is 2.48. The van der Waals surface area contributed by atoms with Gasteiger partial charge in [-0.05, 0) is 43.2 Å². The highest BCUT2D eigenvalue weighted by Gasteiger charge is 2.24. The number of nitrogens with one attached hydrogen (secondary N) is 1. The normalized spacial score (nSPS) is 18.5. The Morgan fingerprint density at radius 1 is 1.25 bits per heavy atom. The van der Waals surface area contributed by atoms with E-state index < -0.39 is 4.92 Å². The third-order valence-electron chi connectivity index (χ3n) is 4.18. The average Bonchev–Trinajstić information content (AvgIpc) is 2.96. The summed E-state index contributed by atoms with van der Waals surface area (Å²) in [5.74, 6) is 0.742. The minimum absolute atomic E-state index is 0.0604. The molecule has 2 aliphatic heterocycles. The molecule has 2 aromatic rings. The number of fused-ring (bicyclic) bond motifs is 2. The summed E-state index contributed by atoms with van der Waals surface area (Å²) in [6.07, 6.45) is 0.798. The van der Waals surface area contributed by atoms with Crippen LogP contribution in [0.2, 0.25) is 0 Å². The standard InChI is InChI=1S/C17H15N3O4/c1-10-6-12-8-16-13(9-23-24-16)7-15(12)17(19-18-10)11-2-4-14(5-3-11)20(21)22/h2-5,7-8,10,18H,6,9H2,1H3. The molecular formula is C17H15N3O4. The number of non-ortho nitro benzene ring substituents is 1. The second kappa shape index (κ2) is 5.61. The lowest BCUT2D eigenvalue weighted by Gasteiger charge is -2.11. The molecule has 2 heterocycles. The first-order chi connectivity index (χ1) is 11.6. The van der Waals surface area contributed by atoms with E-state index in [0.29, 0.717) is 6.61 Å². The minimum Gasteiger partial charge on any atom is -0.337 e. The van der Waals surface area contributed by atoms with Crippen molar-refractivity contribution in [2.45, 2.75) is 26.0 Å². The van der Waals surface area contributed by atoms with Gasteiger partial charge in [0.25, 0.3) is 5.69 Å². The fourth-order valence-corrected chi connectivity index (χ4v) is 2.97. The Morgan fingerprint density at radius 3 is 2.79 bits per heavy atom. The van der Waals surface area contributed by atoms with Crippen molar-refractivity contribution in [2.24, 2.45) is 5.10 Å². The molecule has 0 amide bonds. The molecule has 0 fully saturated rings. The van der Waals surface area contributed by atoms with Crippen molar-refractivity contribution in [3.63, 3.8) is 0 Å². The molecule has 0 radical (unpaired) electrons. The summed E-state index contributed by atoms with van der Waals surface area (Å²) < 4.78 is 0. The van der Waals surface area contributed by atoms with E-state index in [1.165, 1.54) is 12.1 Å². The first-order valence-electron chi connectivity index (χ1n) is 7.65. The summed E-state index contributed by atoms with van der Waals surface area (Å²) in [6.45, 7) is 2.45. The zero-order valence-electron chi connectivity index (χ0n) is 13.0. The van der Waals surface area contributed by atoms with Gasteiger partial charge in [0.1, 0.15) is 6.61 Å². The number of hydrazone groups is 1. The second-order valence-electron chi connectivity index (χ2n) is 5.96. The van der Waals surface area contributed by atoms with Crippen LogP contribution >= 0.6 is 0 Å². The largest absolute Gasteiger partial charge is 0.337 e. The number of nitro benzene ring substituents is 1. The van der Waals surface area contributed by atoms with Gasteiger partial charge in [-0.2, -0.15) is 9.99 Å². The Balaban J connectivity index is 1.82. The maximum atomic E-state index is 10.8. The molecule has 0 saturated carbocycles. The maximum absolute atomic E-state index is 10.8. The number of nitro groups is 1. The minimum atomic E-state index is -0.408. The monoisotopic (exact) mass is 325 g/mol. The SMILES string of the molecule is CC1Cc2cc3c(cc2C(c2ccc([N+](=O)[O-])cc2)=NN1)COO3. The van der Waals surface area contributed by atoms with Gasteiger partial charge in [-0.15, -0.1) is 0 Å². The average molecular weight is 325 g/mol. The molecule has 24 heavy (non-hydrogen) atoms. The molecule has 1 atom stereocenters. The van der Waals surface area contributed by atoms with Crippen molar-refractivity contribution in [2.75, 3.05) is 0 Å². The molecule has 0 saturated heterocycles. The van der Waals surface area contributed by atoms with Crippen LogP contribution in [0.1, 0.15) is 29.2 Å². The van der Waals surface area contributed by atoms with Gasteiger partial charge >= 0.3 is 0 Å². The molecule has 0 spiro atoms. The van der Waals surface area contributed by atoms with Crippen LogP contribution in [0.25, 0.3) is 0 Å². The van der Waals surface area contributed by atoms with E-state index in [1.54, 1.807) is 12.1 Å². The fourth-order valence-electron chi connectivity index (χ4n) is 2.97. The number of rotatable bonds is 2. The fraction of sp³-hybridized carbons (Fsp3) is 0.235. The van der Waals surface area contributed by atoms with Crippen LogP contribution in [-0.2, 0) is 17.9 Å². The van der Waals surface area contributed by atoms with Crippen molar-refractivity contribution < 1.29 is 14.7 Å². The predicted molar refractivity (Wildman–Crippen MR) is 86.9 cm³/mol. The molecule has 0 bridgehead atoms. The highest BCUT2D eigenvalue weighted by atomic mass is 17.2. The molecule has 4 rings (SSSR count). The van der Waals surface area contributed by atoms with Crippen molar-refractivity contribution in [3.8, 4) is 5.75 Å². The Hall–Kier alpha value is -2.93. The van der Waals surface area contributed by atoms with Crippen LogP contribution in [0.15, 0.2) is 41.5 Å². The van der Waals surface area contributed by atoms with Crippen LogP contribution in [0.4, 0.5) is 5.69 Å². The molecule has 122 valence electrons. The van der Waals surface area contributed by atoms with Gasteiger partial charge in [0.15, 0.2) is 5.75 Å². The van der Waals surface area contributed by atoms with Gasteiger partial charge in [0.05, 0.1) is 10.6 Å². The van der Waals surface area contributed by atoms with Crippen molar-refractivity contribution in [3.05, 3.63) is 68.8 Å². The maximum Gasteiger partial charge on any atom is 0.269 e. The molecule has 0 aliphatic carbocycles. The summed E-state index contributed by atoms with van der Waals surface area (Å²) >= 11 is 0. The van der Waals surface area contributed by atoms with Crippen LogP contribution in [0.5, 0.6) is 5.75 Å². The van der Waals surface area contributed by atoms with E-state index >= 15 is 0 Å². The summed E-state index contributed by atoms with van der Waals surface area (Å²) in [4.78, 5) is 20.7. The number of benzene rings is 2. The number of hydrogen-bond donors (Lipinski definition) is 1. The van der Waals surface area contributed by atoms with E-state index in [-0.39, 0.29) is 11.7 Å². The Morgan fingerprint density at radius 2 is 2.04 bits per heavy atom. The zero-order chi connectivity index (χ0) is 16.7. The lowest BCUT2D eigenvalue weighted by molar-refractivity contribution is -0.384. The van der Waals surface area contributed by atoms with Crippen LogP contribution < -0.4 is 10.3 Å². The summed E-state index contributed by atoms with van der Waals surface area (Å²) in [7, 11) is 0. The summed E-state index contributed by atoms with van der Waals surface area (Å²) in [6, 6.07) is 10.6. The van der Waals surface area contributed by atoms with Gasteiger partial charge in [0.2, 0.25) is 0 Å². The predicted octanol–water partition coefficient (Wildman–Crippen LogP) is 2.71. The van der Waals surface area contributed by atoms with Gasteiger partial charge < -0.3 is 10.3 Å². The van der Waals surface area contributed by atoms with Crippen molar-refractivity contribution in [1.29, 1.82) is 0 Å². The summed E-state index contributed by atoms with van der Waals surface area (Å²) in [5, 5.41) is 15.4. The molecule has 0 aromatic heterocycles. The second-order valence-corrected chi connectivity index (χ2v) is 5.96. The van der Waals surface area contributed by atoms with Crippen molar-refractivity contribution >= 4 is 11.4 Å². The third-order valence-corrected chi connectivity index (χ3v) is 4.18. The number of nitrogens with zero attached hydrogens (tertiary/aromatic N) is 2. The molecule has 1 N–H and O–H groups in total. The smallest absolute Gasteiger partial charge is 0.269 e. The van der Waals surface area contributed by atoms with Gasteiger partial charge in [0, 0.05) is 34.9 Å². The van der Waals surface area contributed by atoms with Crippen LogP contribution in [0.3, 0.4) is 0 Å². The van der Waals surface area contributed by atoms with E-state index in [1.807, 2.05) is 12.1 Å². The number of hydrogen-bond acceptors (Lipinski definition) is 6. The molecule has 2 aromatic carbocycles. The molecule has 2 aliphatic rings. The highest BCUT2D eigenvalue weighted by molar-refractivity contribution is 6.14. The van der Waals surface area contributed by atoms with Crippen LogP contribution in [0, 0.1) is 10.1 Å². The summed E-state index contributed by atoms with van der Waals surface area (Å²) in [5.41, 5.74) is 7.85. The molecule has 7 nitrogen and oxygen atoms in total. The van der Waals surface area contributed by atoms with Crippen molar-refractivity contribution in [1.82, 2.24) is 5.43 Å². The topological polar surface area (TPSA) is 86.0 Å². The lowest BCUT2D eigenvalue weighted by atomic mass is 9.92. The molecule has 7 heteroatoms. The van der Waals surface area contributed by atoms with Gasteiger partial charge in [-0.3, -0.25) is 10.1 Å². The molecule has 1 unspecified atom stereocenters.